The number of nitrogens with zero attached hydrogens (tertiary/aromatic N) is 2. The number of rotatable bonds is 12. The van der Waals surface area contributed by atoms with Crippen LogP contribution < -0.4 is 9.04 Å². The summed E-state index contributed by atoms with van der Waals surface area (Å²) in [5.74, 6) is -2.23. The highest BCUT2D eigenvalue weighted by Crippen LogP contribution is 2.38. The highest BCUT2D eigenvalue weighted by Gasteiger charge is 2.34. The van der Waals surface area contributed by atoms with E-state index in [0.29, 0.717) is 16.3 Å². The molecule has 8 nitrogen and oxygen atoms in total. The summed E-state index contributed by atoms with van der Waals surface area (Å²) in [6.45, 7) is 1.75. The number of methoxy groups -OCH3 is 1. The number of para-hydroxylation sites is 1. The third-order valence-electron chi connectivity index (χ3n) is 6.12. The van der Waals surface area contributed by atoms with Gasteiger partial charge in [0.25, 0.3) is 10.0 Å². The largest absolute Gasteiger partial charge is 0.491 e. The lowest BCUT2D eigenvalue weighted by Crippen LogP contribution is -2.35. The molecule has 0 bridgehead atoms. The van der Waals surface area contributed by atoms with Gasteiger partial charge in [0.05, 0.1) is 36.7 Å². The first kappa shape index (κ1) is 30.8. The molecule has 1 amide bonds. The van der Waals surface area contributed by atoms with E-state index in [9.17, 15) is 22.4 Å². The van der Waals surface area contributed by atoms with Crippen LogP contribution in [0.15, 0.2) is 71.6 Å². The number of amides is 1. The predicted molar refractivity (Wildman–Crippen MR) is 147 cm³/mol. The van der Waals surface area contributed by atoms with Crippen molar-refractivity contribution in [3.05, 3.63) is 89.0 Å². The molecule has 0 aromatic heterocycles. The molecule has 0 aliphatic rings. The van der Waals surface area contributed by atoms with E-state index in [1.165, 1.54) is 43.2 Å². The third-order valence-corrected chi connectivity index (χ3v) is 8.27. The predicted octanol–water partition coefficient (Wildman–Crippen LogP) is 5.37. The summed E-state index contributed by atoms with van der Waals surface area (Å²) in [4.78, 5) is 24.8. The Bertz CT molecular complexity index is 1450. The Morgan fingerprint density at radius 3 is 2.35 bits per heavy atom. The number of carbonyl (C=O) groups excluding carboxylic acids is 2. The molecule has 40 heavy (non-hydrogen) atoms. The van der Waals surface area contributed by atoms with E-state index in [1.54, 1.807) is 31.3 Å². The lowest BCUT2D eigenvalue weighted by molar-refractivity contribution is -0.143. The molecule has 3 aromatic carbocycles. The molecule has 0 heterocycles. The molecule has 214 valence electrons. The Balaban J connectivity index is 1.90. The van der Waals surface area contributed by atoms with Gasteiger partial charge in [0.1, 0.15) is 24.0 Å². The second kappa shape index (κ2) is 13.6. The van der Waals surface area contributed by atoms with Crippen molar-refractivity contribution in [3.63, 3.8) is 0 Å². The maximum Gasteiger partial charge on any atom is 0.306 e. The third kappa shape index (κ3) is 7.48. The normalized spacial score (nSPS) is 11.9. The van der Waals surface area contributed by atoms with E-state index in [4.69, 9.17) is 16.3 Å². The van der Waals surface area contributed by atoms with E-state index in [-0.39, 0.29) is 36.8 Å². The molecule has 0 saturated heterocycles. The first-order chi connectivity index (χ1) is 18.9. The second-order valence-corrected chi connectivity index (χ2v) is 11.1. The van der Waals surface area contributed by atoms with Gasteiger partial charge in [-0.2, -0.15) is 0 Å². The lowest BCUT2D eigenvalue weighted by atomic mass is 10.1. The summed E-state index contributed by atoms with van der Waals surface area (Å²) in [6.07, 6.45) is -0.0665. The number of halogens is 3. The molecular formula is C28H29ClF2N2O6S. The average molecular weight is 595 g/mol. The van der Waals surface area contributed by atoms with E-state index < -0.39 is 39.4 Å². The molecule has 0 saturated carbocycles. The Morgan fingerprint density at radius 2 is 1.68 bits per heavy atom. The Morgan fingerprint density at radius 1 is 1.00 bits per heavy atom. The number of sulfonamides is 1. The van der Waals surface area contributed by atoms with Crippen LogP contribution in [0.4, 0.5) is 14.5 Å². The number of esters is 1. The van der Waals surface area contributed by atoms with Gasteiger partial charge >= 0.3 is 5.97 Å². The minimum atomic E-state index is -4.41. The van der Waals surface area contributed by atoms with E-state index >= 15 is 4.39 Å². The maximum atomic E-state index is 15.0. The Labute approximate surface area is 237 Å². The van der Waals surface area contributed by atoms with Crippen molar-refractivity contribution in [3.8, 4) is 5.75 Å². The standard InChI is InChI=1S/C28H29ClF2N2O6S/c1-19(23-6-4-5-7-26(23)39-17-16-32(2)27(34)14-15-28(35)38-3)33(25-18-21(30)10-13-24(25)31)40(36,37)22-11-8-20(29)9-12-22/h4-13,18-19H,14-17H2,1-3H3. The summed E-state index contributed by atoms with van der Waals surface area (Å²) in [6, 6.07) is 13.4. The number of likely N-dealkylation sites (N-methyl/N-ethyl adjacent to an activating group) is 1. The van der Waals surface area contributed by atoms with Crippen molar-refractivity contribution in [2.45, 2.75) is 30.7 Å². The molecule has 0 radical (unpaired) electrons. The molecule has 0 aliphatic carbocycles. The number of hydrogen-bond donors (Lipinski definition) is 0. The molecule has 0 fully saturated rings. The number of benzene rings is 3. The van der Waals surface area contributed by atoms with Crippen molar-refractivity contribution < 1.29 is 36.3 Å². The minimum absolute atomic E-state index is 0.0203. The van der Waals surface area contributed by atoms with Crippen LogP contribution in [0.3, 0.4) is 0 Å². The fraction of sp³-hybridized carbons (Fsp3) is 0.286. The second-order valence-electron chi connectivity index (χ2n) is 8.80. The van der Waals surface area contributed by atoms with Crippen LogP contribution >= 0.6 is 11.6 Å². The van der Waals surface area contributed by atoms with Crippen molar-refractivity contribution in [2.75, 3.05) is 31.6 Å². The molecule has 0 aliphatic heterocycles. The highest BCUT2D eigenvalue weighted by molar-refractivity contribution is 7.92. The van der Waals surface area contributed by atoms with Crippen LogP contribution in [0, 0.1) is 11.6 Å². The summed E-state index contributed by atoms with van der Waals surface area (Å²) >= 11 is 5.93. The number of anilines is 1. The van der Waals surface area contributed by atoms with Crippen LogP contribution in [-0.2, 0) is 24.3 Å². The zero-order valence-corrected chi connectivity index (χ0v) is 23.7. The van der Waals surface area contributed by atoms with E-state index in [0.717, 1.165) is 22.5 Å². The molecule has 3 rings (SSSR count). The number of ether oxygens (including phenoxy) is 2. The Hall–Kier alpha value is -3.70. The van der Waals surface area contributed by atoms with E-state index in [1.807, 2.05) is 0 Å². The maximum absolute atomic E-state index is 15.0. The smallest absolute Gasteiger partial charge is 0.306 e. The van der Waals surface area contributed by atoms with Crippen LogP contribution in [-0.4, -0.2) is 52.5 Å². The number of carbonyl (C=O) groups is 2. The van der Waals surface area contributed by atoms with Crippen LogP contribution in [0.2, 0.25) is 5.02 Å². The van der Waals surface area contributed by atoms with Gasteiger partial charge in [-0.25, -0.2) is 17.2 Å². The van der Waals surface area contributed by atoms with Crippen LogP contribution in [0.5, 0.6) is 5.75 Å². The summed E-state index contributed by atoms with van der Waals surface area (Å²) in [7, 11) is -1.61. The van der Waals surface area contributed by atoms with Gasteiger partial charge in [-0.1, -0.05) is 29.8 Å². The first-order valence-corrected chi connectivity index (χ1v) is 14.0. The lowest BCUT2D eigenvalue weighted by Gasteiger charge is -2.32. The fourth-order valence-corrected chi connectivity index (χ4v) is 5.69. The van der Waals surface area contributed by atoms with Gasteiger partial charge in [-0.3, -0.25) is 13.9 Å². The monoisotopic (exact) mass is 594 g/mol. The SMILES string of the molecule is COC(=O)CCC(=O)N(C)CCOc1ccccc1C(C)N(c1cc(F)ccc1F)S(=O)(=O)c1ccc(Cl)cc1. The fourth-order valence-electron chi connectivity index (χ4n) is 3.92. The van der Waals surface area contributed by atoms with Crippen LogP contribution in [0.25, 0.3) is 0 Å². The molecule has 1 unspecified atom stereocenters. The zero-order valence-electron chi connectivity index (χ0n) is 22.1. The summed E-state index contributed by atoms with van der Waals surface area (Å²) in [5, 5.41) is 0.308. The quantitative estimate of drug-likeness (QED) is 0.262. The van der Waals surface area contributed by atoms with Gasteiger partial charge in [-0.05, 0) is 49.4 Å². The molecule has 1 atom stereocenters. The van der Waals surface area contributed by atoms with E-state index in [2.05, 4.69) is 4.74 Å². The van der Waals surface area contributed by atoms with Crippen molar-refractivity contribution >= 4 is 39.2 Å². The van der Waals surface area contributed by atoms with Crippen molar-refractivity contribution in [1.29, 1.82) is 0 Å². The molecule has 3 aromatic rings. The van der Waals surface area contributed by atoms with Gasteiger partial charge in [0.2, 0.25) is 5.91 Å². The van der Waals surface area contributed by atoms with Gasteiger partial charge in [0.15, 0.2) is 0 Å². The van der Waals surface area contributed by atoms with Crippen molar-refractivity contribution in [1.82, 2.24) is 4.90 Å². The minimum Gasteiger partial charge on any atom is -0.491 e. The topological polar surface area (TPSA) is 93.2 Å². The zero-order chi connectivity index (χ0) is 29.4. The summed E-state index contributed by atoms with van der Waals surface area (Å²) < 4.78 is 68.1. The molecular weight excluding hydrogens is 566 g/mol. The molecule has 0 spiro atoms. The van der Waals surface area contributed by atoms with Gasteiger partial charge in [0, 0.05) is 30.1 Å². The Kier molecular flexibility index (Phi) is 10.5. The van der Waals surface area contributed by atoms with Gasteiger partial charge in [-0.15, -0.1) is 0 Å². The molecule has 0 N–H and O–H groups in total. The van der Waals surface area contributed by atoms with Crippen molar-refractivity contribution in [2.24, 2.45) is 0 Å². The number of hydrogen-bond acceptors (Lipinski definition) is 6. The average Bonchev–Trinajstić information content (AvgIpc) is 2.93. The molecule has 12 heteroatoms. The van der Waals surface area contributed by atoms with Crippen LogP contribution in [0.1, 0.15) is 31.4 Å². The highest BCUT2D eigenvalue weighted by atomic mass is 35.5. The van der Waals surface area contributed by atoms with Gasteiger partial charge < -0.3 is 14.4 Å². The first-order valence-electron chi connectivity index (χ1n) is 12.2. The summed E-state index contributed by atoms with van der Waals surface area (Å²) in [5.41, 5.74) is -0.100.